The minimum Gasteiger partial charge on any atom is -0.507 e. The average molecular weight is 251 g/mol. The Kier molecular flexibility index (Phi) is 4.31. The molecule has 0 bridgehead atoms. The summed E-state index contributed by atoms with van der Waals surface area (Å²) in [5, 5.41) is 13.0. The van der Waals surface area contributed by atoms with Crippen LogP contribution in [0.3, 0.4) is 0 Å². The molecule has 2 N–H and O–H groups in total. The number of rotatable bonds is 3. The van der Waals surface area contributed by atoms with E-state index < -0.39 is 0 Å². The van der Waals surface area contributed by atoms with Crippen LogP contribution in [0.2, 0.25) is 0 Å². The molecule has 0 radical (unpaired) electrons. The van der Waals surface area contributed by atoms with E-state index in [1.54, 1.807) is 18.2 Å². The maximum atomic E-state index is 11.8. The summed E-state index contributed by atoms with van der Waals surface area (Å²) in [6.45, 7) is 0.692. The van der Waals surface area contributed by atoms with Crippen molar-refractivity contribution in [3.8, 4) is 5.75 Å². The molecule has 1 heterocycles. The molecule has 1 unspecified atom stereocenters. The third-order valence-corrected chi connectivity index (χ3v) is 4.31. The van der Waals surface area contributed by atoms with Crippen LogP contribution in [0.15, 0.2) is 24.3 Å². The van der Waals surface area contributed by atoms with Crippen molar-refractivity contribution in [3.63, 3.8) is 0 Å². The first-order valence-electron chi connectivity index (χ1n) is 5.95. The first-order valence-corrected chi connectivity index (χ1v) is 7.00. The molecule has 92 valence electrons. The first-order chi connectivity index (χ1) is 8.27. The van der Waals surface area contributed by atoms with Crippen LogP contribution in [0, 0.1) is 0 Å². The average Bonchev–Trinajstić information content (AvgIpc) is 2.38. The van der Waals surface area contributed by atoms with Crippen molar-refractivity contribution in [1.29, 1.82) is 0 Å². The second-order valence-electron chi connectivity index (χ2n) is 4.22. The molecule has 3 nitrogen and oxygen atoms in total. The van der Waals surface area contributed by atoms with E-state index in [0.29, 0.717) is 17.4 Å². The molecule has 1 aromatic rings. The smallest absolute Gasteiger partial charge is 0.255 e. The van der Waals surface area contributed by atoms with E-state index in [-0.39, 0.29) is 11.7 Å². The third kappa shape index (κ3) is 3.40. The number of aromatic hydroxyl groups is 1. The van der Waals surface area contributed by atoms with Gasteiger partial charge in [-0.25, -0.2) is 0 Å². The van der Waals surface area contributed by atoms with Crippen LogP contribution in [-0.2, 0) is 0 Å². The lowest BCUT2D eigenvalue weighted by atomic mass is 10.1. The number of benzene rings is 1. The van der Waals surface area contributed by atoms with E-state index in [4.69, 9.17) is 0 Å². The zero-order chi connectivity index (χ0) is 12.1. The highest BCUT2D eigenvalue weighted by molar-refractivity contribution is 7.99. The number of carbonyl (C=O) groups excluding carboxylic acids is 1. The van der Waals surface area contributed by atoms with Gasteiger partial charge in [-0.05, 0) is 30.7 Å². The molecule has 1 atom stereocenters. The van der Waals surface area contributed by atoms with E-state index in [1.165, 1.54) is 31.1 Å². The van der Waals surface area contributed by atoms with Crippen molar-refractivity contribution < 1.29 is 9.90 Å². The van der Waals surface area contributed by atoms with Gasteiger partial charge < -0.3 is 10.4 Å². The molecule has 1 amide bonds. The Bertz CT molecular complexity index is 389. The Labute approximate surface area is 106 Å². The van der Waals surface area contributed by atoms with Crippen LogP contribution < -0.4 is 5.32 Å². The number of hydrogen-bond acceptors (Lipinski definition) is 3. The van der Waals surface area contributed by atoms with Gasteiger partial charge in [0.1, 0.15) is 5.75 Å². The lowest BCUT2D eigenvalue weighted by molar-refractivity contribution is 0.0950. The van der Waals surface area contributed by atoms with Gasteiger partial charge in [0.05, 0.1) is 5.56 Å². The molecular weight excluding hydrogens is 234 g/mol. The van der Waals surface area contributed by atoms with Gasteiger partial charge in [0.2, 0.25) is 0 Å². The summed E-state index contributed by atoms with van der Waals surface area (Å²) in [4.78, 5) is 11.8. The van der Waals surface area contributed by atoms with Crippen molar-refractivity contribution >= 4 is 17.7 Å². The predicted molar refractivity (Wildman–Crippen MR) is 70.5 cm³/mol. The molecular formula is C13H17NO2S. The number of amides is 1. The standard InChI is InChI=1S/C13H17NO2S/c15-12-7-2-1-6-11(12)13(16)14-9-10-5-3-4-8-17-10/h1-2,6-7,10,15H,3-5,8-9H2,(H,14,16). The molecule has 4 heteroatoms. The maximum Gasteiger partial charge on any atom is 0.255 e. The number of carbonyl (C=O) groups is 1. The normalized spacial score (nSPS) is 19.9. The second kappa shape index (κ2) is 5.96. The summed E-state index contributed by atoms with van der Waals surface area (Å²) < 4.78 is 0. The molecule has 1 aromatic carbocycles. The fourth-order valence-corrected chi connectivity index (χ4v) is 3.17. The van der Waals surface area contributed by atoms with E-state index in [1.807, 2.05) is 11.8 Å². The largest absolute Gasteiger partial charge is 0.507 e. The van der Waals surface area contributed by atoms with E-state index in [2.05, 4.69) is 5.32 Å². The Morgan fingerprint density at radius 2 is 2.24 bits per heavy atom. The number of hydrogen-bond donors (Lipinski definition) is 2. The van der Waals surface area contributed by atoms with Crippen LogP contribution in [0.4, 0.5) is 0 Å². The van der Waals surface area contributed by atoms with E-state index in [0.717, 1.165) is 0 Å². The fraction of sp³-hybridized carbons (Fsp3) is 0.462. The van der Waals surface area contributed by atoms with Crippen molar-refractivity contribution in [2.75, 3.05) is 12.3 Å². The van der Waals surface area contributed by atoms with Gasteiger partial charge in [-0.3, -0.25) is 4.79 Å². The number of phenolic OH excluding ortho intramolecular Hbond substituents is 1. The second-order valence-corrected chi connectivity index (χ2v) is 5.62. The summed E-state index contributed by atoms with van der Waals surface area (Å²) >= 11 is 1.93. The van der Waals surface area contributed by atoms with Crippen molar-refractivity contribution in [2.45, 2.75) is 24.5 Å². The molecule has 17 heavy (non-hydrogen) atoms. The zero-order valence-electron chi connectivity index (χ0n) is 9.69. The number of thioether (sulfide) groups is 1. The minimum absolute atomic E-state index is 0.0429. The van der Waals surface area contributed by atoms with E-state index in [9.17, 15) is 9.90 Å². The quantitative estimate of drug-likeness (QED) is 0.867. The van der Waals surface area contributed by atoms with Crippen LogP contribution >= 0.6 is 11.8 Å². The number of nitrogens with one attached hydrogen (secondary N) is 1. The summed E-state index contributed by atoms with van der Waals surface area (Å²) in [6, 6.07) is 6.63. The van der Waals surface area contributed by atoms with Gasteiger partial charge in [-0.2, -0.15) is 11.8 Å². The highest BCUT2D eigenvalue weighted by atomic mass is 32.2. The Hall–Kier alpha value is -1.16. The van der Waals surface area contributed by atoms with Gasteiger partial charge in [0.25, 0.3) is 5.91 Å². The molecule has 0 aromatic heterocycles. The zero-order valence-corrected chi connectivity index (χ0v) is 10.5. The fourth-order valence-electron chi connectivity index (χ4n) is 1.94. The van der Waals surface area contributed by atoms with Crippen LogP contribution in [0.5, 0.6) is 5.75 Å². The summed E-state index contributed by atoms with van der Waals surface area (Å²) in [7, 11) is 0. The molecule has 1 aliphatic rings. The molecule has 0 aliphatic carbocycles. The Morgan fingerprint density at radius 1 is 1.41 bits per heavy atom. The lowest BCUT2D eigenvalue weighted by Gasteiger charge is -2.21. The van der Waals surface area contributed by atoms with Crippen LogP contribution in [0.25, 0.3) is 0 Å². The monoisotopic (exact) mass is 251 g/mol. The van der Waals surface area contributed by atoms with Crippen molar-refractivity contribution in [2.24, 2.45) is 0 Å². The first kappa shape index (κ1) is 12.3. The molecule has 2 rings (SSSR count). The maximum absolute atomic E-state index is 11.8. The van der Waals surface area contributed by atoms with Gasteiger partial charge in [0.15, 0.2) is 0 Å². The summed E-state index contributed by atoms with van der Waals surface area (Å²) in [5.41, 5.74) is 0.355. The van der Waals surface area contributed by atoms with Crippen molar-refractivity contribution in [1.82, 2.24) is 5.32 Å². The van der Waals surface area contributed by atoms with Crippen LogP contribution in [-0.4, -0.2) is 28.6 Å². The van der Waals surface area contributed by atoms with E-state index >= 15 is 0 Å². The molecule has 1 aliphatic heterocycles. The van der Waals surface area contributed by atoms with Gasteiger partial charge in [-0.1, -0.05) is 18.6 Å². The predicted octanol–water partition coefficient (Wildman–Crippen LogP) is 2.41. The third-order valence-electron chi connectivity index (χ3n) is 2.91. The molecule has 1 saturated heterocycles. The summed E-state index contributed by atoms with van der Waals surface area (Å²) in [5.74, 6) is 1.05. The molecule has 0 spiro atoms. The number of phenols is 1. The number of para-hydroxylation sites is 1. The lowest BCUT2D eigenvalue weighted by Crippen LogP contribution is -2.31. The SMILES string of the molecule is O=C(NCC1CCCCS1)c1ccccc1O. The van der Waals surface area contributed by atoms with Gasteiger partial charge >= 0.3 is 0 Å². The minimum atomic E-state index is -0.186. The van der Waals surface area contributed by atoms with Crippen molar-refractivity contribution in [3.05, 3.63) is 29.8 Å². The molecule has 0 saturated carbocycles. The Morgan fingerprint density at radius 3 is 2.94 bits per heavy atom. The Balaban J connectivity index is 1.87. The highest BCUT2D eigenvalue weighted by Crippen LogP contribution is 2.24. The highest BCUT2D eigenvalue weighted by Gasteiger charge is 2.16. The van der Waals surface area contributed by atoms with Gasteiger partial charge in [0, 0.05) is 11.8 Å². The molecule has 1 fully saturated rings. The topological polar surface area (TPSA) is 49.3 Å². The summed E-state index contributed by atoms with van der Waals surface area (Å²) in [6.07, 6.45) is 3.71. The van der Waals surface area contributed by atoms with Crippen LogP contribution in [0.1, 0.15) is 29.6 Å². The van der Waals surface area contributed by atoms with Gasteiger partial charge in [-0.15, -0.1) is 0 Å².